The first-order chi connectivity index (χ1) is 19.8. The number of rotatable bonds is 14. The maximum Gasteiger partial charge on any atom is 0.408 e. The van der Waals surface area contributed by atoms with Crippen molar-refractivity contribution in [3.63, 3.8) is 0 Å². The highest BCUT2D eigenvalue weighted by Crippen LogP contribution is 2.38. The Balaban J connectivity index is 1.28. The molecule has 4 rings (SSSR count). The van der Waals surface area contributed by atoms with Gasteiger partial charge in [0, 0.05) is 17.0 Å². The van der Waals surface area contributed by atoms with Gasteiger partial charge in [0.1, 0.15) is 12.6 Å². The predicted octanol–water partition coefficient (Wildman–Crippen LogP) is 4.83. The number of alkyl carbamates (subject to hydrolysis) is 1. The smallest absolute Gasteiger partial charge is 0.408 e. The van der Waals surface area contributed by atoms with Gasteiger partial charge in [-0.1, -0.05) is 86.2 Å². The lowest BCUT2D eigenvalue weighted by Gasteiger charge is -2.27. The predicted molar refractivity (Wildman–Crippen MR) is 160 cm³/mol. The van der Waals surface area contributed by atoms with Crippen molar-refractivity contribution in [1.82, 2.24) is 15.6 Å². The average molecular weight is 599 g/mol. The third kappa shape index (κ3) is 10.5. The van der Waals surface area contributed by atoms with E-state index in [1.807, 2.05) is 24.3 Å². The van der Waals surface area contributed by atoms with E-state index >= 15 is 0 Å². The lowest BCUT2D eigenvalue weighted by atomic mass is 9.84. The van der Waals surface area contributed by atoms with Crippen LogP contribution in [0.2, 0.25) is 11.1 Å². The number of hydrogen-bond acceptors (Lipinski definition) is 5. The van der Waals surface area contributed by atoms with Crippen molar-refractivity contribution in [2.75, 3.05) is 6.23 Å². The number of benzene rings is 2. The molecule has 0 bridgehead atoms. The second-order valence-electron chi connectivity index (χ2n) is 11.4. The van der Waals surface area contributed by atoms with Gasteiger partial charge >= 0.3 is 6.09 Å². The molecule has 0 heterocycles. The number of aliphatic hydroxyl groups is 1. The van der Waals surface area contributed by atoms with Crippen LogP contribution in [0.4, 0.5) is 4.79 Å². The van der Waals surface area contributed by atoms with E-state index in [1.54, 1.807) is 18.2 Å². The summed E-state index contributed by atoms with van der Waals surface area (Å²) in [6, 6.07) is 16.8. The molecule has 10 heteroatoms. The lowest BCUT2D eigenvalue weighted by Crippen LogP contribution is -2.53. The zero-order valence-corrected chi connectivity index (χ0v) is 25.3. The fraction of sp³-hybridized carbons (Fsp3) is 0.516. The minimum atomic E-state index is -1.76. The zero-order valence-electron chi connectivity index (χ0n) is 23.5. The molecular weight excluding hydrogens is 558 g/mol. The van der Waals surface area contributed by atoms with Crippen LogP contribution in [-0.2, 0) is 27.4 Å². The maximum absolute atomic E-state index is 13.3. The standard InChI is InChI=1S/C31H41ClN3O5Si/c32-26-13-7-12-25(18-26)21-40-30(39)33-27(19-23-8-3-1-4-9-23)29(38)35-41(22-36)17-14-28(37)34-31(15-16-31)20-24-10-5-2-6-11-24/h2,5-7,10-13,18,23,27,36H,1,3-4,8-9,14-17,19-22H2,(H,33,39)(H,34,37)(H,35,38)/t27-/m0/s1. The summed E-state index contributed by atoms with van der Waals surface area (Å²) >= 11 is 6.02. The highest BCUT2D eigenvalue weighted by Gasteiger charge is 2.43. The summed E-state index contributed by atoms with van der Waals surface area (Å²) in [5, 5.41) is 16.5. The number of aliphatic hydroxyl groups excluding tert-OH is 1. The van der Waals surface area contributed by atoms with Crippen molar-refractivity contribution in [3.05, 3.63) is 70.7 Å². The van der Waals surface area contributed by atoms with E-state index in [-0.39, 0.29) is 36.6 Å². The summed E-state index contributed by atoms with van der Waals surface area (Å²) in [4.78, 5) is 41.7. The van der Waals surface area contributed by atoms with Crippen LogP contribution in [0.3, 0.4) is 0 Å². The molecule has 4 N–H and O–H groups in total. The number of halogens is 1. The summed E-state index contributed by atoms with van der Waals surface area (Å²) in [5.74, 6) is -0.0610. The van der Waals surface area contributed by atoms with Gasteiger partial charge in [0.2, 0.25) is 11.8 Å². The van der Waals surface area contributed by atoms with Gasteiger partial charge in [-0.2, -0.15) is 0 Å². The van der Waals surface area contributed by atoms with Crippen LogP contribution < -0.4 is 15.6 Å². The summed E-state index contributed by atoms with van der Waals surface area (Å²) < 4.78 is 5.38. The quantitative estimate of drug-likeness (QED) is 0.233. The molecule has 2 fully saturated rings. The average Bonchev–Trinajstić information content (AvgIpc) is 3.73. The molecule has 1 atom stereocenters. The van der Waals surface area contributed by atoms with E-state index in [9.17, 15) is 19.5 Å². The van der Waals surface area contributed by atoms with E-state index in [0.29, 0.717) is 23.4 Å². The Morgan fingerprint density at radius 1 is 1.02 bits per heavy atom. The zero-order chi connectivity index (χ0) is 29.1. The van der Waals surface area contributed by atoms with E-state index in [1.165, 1.54) is 12.0 Å². The number of ether oxygens (including phenoxy) is 1. The molecule has 2 saturated carbocycles. The first kappa shape index (κ1) is 31.1. The molecule has 1 radical (unpaired) electrons. The topological polar surface area (TPSA) is 117 Å². The molecule has 0 unspecified atom stereocenters. The van der Waals surface area contributed by atoms with Gasteiger partial charge in [-0.3, -0.25) is 9.59 Å². The Hall–Kier alpha value is -2.88. The van der Waals surface area contributed by atoms with Crippen molar-refractivity contribution < 1.29 is 24.2 Å². The Morgan fingerprint density at radius 2 is 1.76 bits per heavy atom. The molecular formula is C31H41ClN3O5Si. The number of nitrogens with one attached hydrogen (secondary N) is 3. The molecule has 3 amide bonds. The van der Waals surface area contributed by atoms with Crippen LogP contribution in [0, 0.1) is 5.92 Å². The Kier molecular flexibility index (Phi) is 11.6. The van der Waals surface area contributed by atoms with Gasteiger partial charge in [0.15, 0.2) is 8.96 Å². The molecule has 2 aromatic carbocycles. The first-order valence-corrected chi connectivity index (χ1v) is 16.9. The molecule has 41 heavy (non-hydrogen) atoms. The monoisotopic (exact) mass is 598 g/mol. The normalized spacial score (nSPS) is 17.0. The Bertz CT molecular complexity index is 1160. The lowest BCUT2D eigenvalue weighted by molar-refractivity contribution is -0.123. The molecule has 2 aliphatic carbocycles. The van der Waals surface area contributed by atoms with E-state index in [0.717, 1.165) is 50.5 Å². The Morgan fingerprint density at radius 3 is 2.44 bits per heavy atom. The van der Waals surface area contributed by atoms with Gasteiger partial charge in [0.05, 0.1) is 6.23 Å². The minimum Gasteiger partial charge on any atom is -0.445 e. The van der Waals surface area contributed by atoms with Crippen molar-refractivity contribution >= 4 is 38.5 Å². The molecule has 0 saturated heterocycles. The van der Waals surface area contributed by atoms with Crippen molar-refractivity contribution in [3.8, 4) is 0 Å². The third-order valence-electron chi connectivity index (χ3n) is 7.95. The SMILES string of the molecule is O=C(CC[Si](CO)NC(=O)[C@H](CC1CCCCC1)NC(=O)OCc1cccc(Cl)c1)NC1(Cc2ccccc2)CC1. The molecule has 8 nitrogen and oxygen atoms in total. The maximum atomic E-state index is 13.3. The van der Waals surface area contributed by atoms with Crippen LogP contribution in [0.1, 0.15) is 68.9 Å². The number of carbonyl (C=O) groups excluding carboxylic acids is 3. The Labute approximate surface area is 249 Å². The summed E-state index contributed by atoms with van der Waals surface area (Å²) in [7, 11) is -1.76. The second kappa shape index (κ2) is 15.4. The fourth-order valence-electron chi connectivity index (χ4n) is 5.50. The van der Waals surface area contributed by atoms with Crippen LogP contribution in [0.25, 0.3) is 0 Å². The van der Waals surface area contributed by atoms with Crippen molar-refractivity contribution in [2.24, 2.45) is 5.92 Å². The van der Waals surface area contributed by atoms with Gasteiger partial charge in [-0.05, 0) is 60.9 Å². The van der Waals surface area contributed by atoms with Crippen LogP contribution in [0.15, 0.2) is 54.6 Å². The molecule has 2 aromatic rings. The van der Waals surface area contributed by atoms with Crippen LogP contribution in [0.5, 0.6) is 0 Å². The van der Waals surface area contributed by atoms with Crippen molar-refractivity contribution in [2.45, 2.75) is 88.4 Å². The molecule has 0 spiro atoms. The number of amides is 3. The summed E-state index contributed by atoms with van der Waals surface area (Å²) in [6.07, 6.45) is 8.03. The van der Waals surface area contributed by atoms with E-state index in [4.69, 9.17) is 16.3 Å². The number of hydrogen-bond donors (Lipinski definition) is 4. The van der Waals surface area contributed by atoms with Gasteiger partial charge in [-0.25, -0.2) is 4.79 Å². The van der Waals surface area contributed by atoms with E-state index in [2.05, 4.69) is 27.7 Å². The summed E-state index contributed by atoms with van der Waals surface area (Å²) in [6.45, 7) is 0.0384. The van der Waals surface area contributed by atoms with Crippen LogP contribution >= 0.6 is 11.6 Å². The number of carbonyl (C=O) groups is 3. The molecule has 0 aromatic heterocycles. The summed E-state index contributed by atoms with van der Waals surface area (Å²) in [5.41, 5.74) is 1.76. The van der Waals surface area contributed by atoms with Crippen molar-refractivity contribution in [1.29, 1.82) is 0 Å². The fourth-order valence-corrected chi connectivity index (χ4v) is 7.12. The molecule has 0 aliphatic heterocycles. The second-order valence-corrected chi connectivity index (χ2v) is 14.1. The molecule has 2 aliphatic rings. The van der Waals surface area contributed by atoms with Gasteiger partial charge in [0.25, 0.3) is 0 Å². The third-order valence-corrected chi connectivity index (χ3v) is 10.0. The molecule has 221 valence electrons. The minimum absolute atomic E-state index is 0.0384. The van der Waals surface area contributed by atoms with Gasteiger partial charge < -0.3 is 25.5 Å². The first-order valence-electron chi connectivity index (χ1n) is 14.6. The highest BCUT2D eigenvalue weighted by molar-refractivity contribution is 6.59. The van der Waals surface area contributed by atoms with Crippen LogP contribution in [-0.4, -0.2) is 49.8 Å². The highest BCUT2D eigenvalue weighted by atomic mass is 35.5. The van der Waals surface area contributed by atoms with Gasteiger partial charge in [-0.15, -0.1) is 0 Å². The largest absolute Gasteiger partial charge is 0.445 e. The van der Waals surface area contributed by atoms with E-state index < -0.39 is 21.1 Å².